The highest BCUT2D eigenvalue weighted by Gasteiger charge is 2.35. The number of methoxy groups -OCH3 is 1. The van der Waals surface area contributed by atoms with Crippen LogP contribution in [-0.4, -0.2) is 38.5 Å². The average Bonchev–Trinajstić information content (AvgIpc) is 2.14. The first-order valence-electron chi connectivity index (χ1n) is 4.40. The molecule has 1 unspecified atom stereocenters. The molecule has 0 rings (SSSR count). The van der Waals surface area contributed by atoms with E-state index in [1.165, 1.54) is 7.11 Å². The lowest BCUT2D eigenvalue weighted by Crippen LogP contribution is -2.44. The van der Waals surface area contributed by atoms with Gasteiger partial charge in [0.05, 0.1) is 13.7 Å². The lowest BCUT2D eigenvalue weighted by Gasteiger charge is -2.25. The highest BCUT2D eigenvalue weighted by Crippen LogP contribution is 2.12. The number of hydrogen-bond acceptors (Lipinski definition) is 4. The molecule has 4 nitrogen and oxygen atoms in total. The van der Waals surface area contributed by atoms with Crippen LogP contribution in [0.15, 0.2) is 0 Å². The fraction of sp³-hybridized carbons (Fsp3) is 0.889. The van der Waals surface area contributed by atoms with Crippen LogP contribution in [0.25, 0.3) is 0 Å². The third-order valence-electron chi connectivity index (χ3n) is 1.66. The molecule has 0 aliphatic carbocycles. The molecule has 0 aromatic rings. The maximum Gasteiger partial charge on any atom is 0.340 e. The van der Waals surface area contributed by atoms with Gasteiger partial charge in [0.2, 0.25) is 0 Å². The number of ether oxygens (including phenoxy) is 3. The Labute approximate surface area is 79.2 Å². The van der Waals surface area contributed by atoms with Gasteiger partial charge in [-0.25, -0.2) is 4.79 Å². The summed E-state index contributed by atoms with van der Waals surface area (Å²) in [6, 6.07) is 0. The minimum absolute atomic E-state index is 0.226. The summed E-state index contributed by atoms with van der Waals surface area (Å²) in [7, 11) is 1.34. The van der Waals surface area contributed by atoms with Gasteiger partial charge in [-0.1, -0.05) is 0 Å². The van der Waals surface area contributed by atoms with E-state index in [0.29, 0.717) is 13.2 Å². The number of carbonyl (C=O) groups is 1. The second-order valence-electron chi connectivity index (χ2n) is 2.79. The molecule has 0 bridgehead atoms. The summed E-state index contributed by atoms with van der Waals surface area (Å²) in [4.78, 5) is 11.3. The fourth-order valence-corrected chi connectivity index (χ4v) is 0.991. The molecular weight excluding hydrogens is 172 g/mol. The Balaban J connectivity index is 4.23. The molecule has 78 valence electrons. The Morgan fingerprint density at radius 2 is 1.92 bits per heavy atom. The van der Waals surface area contributed by atoms with Crippen molar-refractivity contribution >= 4 is 5.97 Å². The molecule has 0 aromatic carbocycles. The number of carbonyl (C=O) groups excluding carboxylic acids is 1. The molecule has 0 aromatic heterocycles. The van der Waals surface area contributed by atoms with Gasteiger partial charge in [-0.15, -0.1) is 0 Å². The summed E-state index contributed by atoms with van der Waals surface area (Å²) in [5.74, 6) is -0.400. The Morgan fingerprint density at radius 1 is 1.31 bits per heavy atom. The van der Waals surface area contributed by atoms with Crippen molar-refractivity contribution in [3.05, 3.63) is 0 Å². The molecule has 0 spiro atoms. The van der Waals surface area contributed by atoms with Crippen LogP contribution in [0.3, 0.4) is 0 Å². The van der Waals surface area contributed by atoms with Crippen LogP contribution < -0.4 is 0 Å². The maximum absolute atomic E-state index is 11.3. The van der Waals surface area contributed by atoms with Gasteiger partial charge in [0.1, 0.15) is 0 Å². The van der Waals surface area contributed by atoms with E-state index < -0.39 is 11.6 Å². The smallest absolute Gasteiger partial charge is 0.340 e. The number of esters is 1. The van der Waals surface area contributed by atoms with Crippen molar-refractivity contribution in [1.29, 1.82) is 0 Å². The first kappa shape index (κ1) is 12.4. The molecule has 0 N–H and O–H groups in total. The van der Waals surface area contributed by atoms with E-state index >= 15 is 0 Å². The van der Waals surface area contributed by atoms with E-state index in [1.54, 1.807) is 6.92 Å². The summed E-state index contributed by atoms with van der Waals surface area (Å²) in [5.41, 5.74) is -0.973. The molecule has 0 radical (unpaired) electrons. The Morgan fingerprint density at radius 3 is 2.31 bits per heavy atom. The van der Waals surface area contributed by atoms with Crippen LogP contribution in [0.5, 0.6) is 0 Å². The lowest BCUT2D eigenvalue weighted by molar-refractivity contribution is -0.174. The standard InChI is InChI=1S/C9H18O4/c1-5-12-7-9(3,13-6-2)8(10)11-4/h5-7H2,1-4H3. The number of rotatable bonds is 6. The van der Waals surface area contributed by atoms with Gasteiger partial charge in [0, 0.05) is 13.2 Å². The second kappa shape index (κ2) is 5.94. The largest absolute Gasteiger partial charge is 0.467 e. The van der Waals surface area contributed by atoms with Gasteiger partial charge in [0.15, 0.2) is 5.60 Å². The Kier molecular flexibility index (Phi) is 5.66. The molecule has 0 aliphatic heterocycles. The van der Waals surface area contributed by atoms with Crippen LogP contribution in [0.1, 0.15) is 20.8 Å². The van der Waals surface area contributed by atoms with Crippen molar-refractivity contribution in [3.63, 3.8) is 0 Å². The zero-order valence-corrected chi connectivity index (χ0v) is 8.75. The molecule has 0 heterocycles. The minimum Gasteiger partial charge on any atom is -0.467 e. The van der Waals surface area contributed by atoms with Crippen molar-refractivity contribution in [1.82, 2.24) is 0 Å². The monoisotopic (exact) mass is 190 g/mol. The van der Waals surface area contributed by atoms with Crippen molar-refractivity contribution < 1.29 is 19.0 Å². The van der Waals surface area contributed by atoms with Crippen LogP contribution in [0.4, 0.5) is 0 Å². The Bertz CT molecular complexity index is 158. The first-order chi connectivity index (χ1) is 6.10. The molecule has 13 heavy (non-hydrogen) atoms. The van der Waals surface area contributed by atoms with Gasteiger partial charge >= 0.3 is 5.97 Å². The third kappa shape index (κ3) is 3.74. The first-order valence-corrected chi connectivity index (χ1v) is 4.40. The molecule has 0 aliphatic rings. The van der Waals surface area contributed by atoms with E-state index in [4.69, 9.17) is 9.47 Å². The third-order valence-corrected chi connectivity index (χ3v) is 1.66. The summed E-state index contributed by atoms with van der Waals surface area (Å²) in [5, 5.41) is 0. The van der Waals surface area contributed by atoms with Gasteiger partial charge in [-0.05, 0) is 20.8 Å². The summed E-state index contributed by atoms with van der Waals surface area (Å²) >= 11 is 0. The highest BCUT2D eigenvalue weighted by atomic mass is 16.6. The van der Waals surface area contributed by atoms with E-state index in [1.807, 2.05) is 13.8 Å². The van der Waals surface area contributed by atoms with Gasteiger partial charge in [-0.2, -0.15) is 0 Å². The zero-order valence-electron chi connectivity index (χ0n) is 8.75. The van der Waals surface area contributed by atoms with Crippen LogP contribution in [-0.2, 0) is 19.0 Å². The minimum atomic E-state index is -0.973. The maximum atomic E-state index is 11.3. The van der Waals surface area contributed by atoms with E-state index in [2.05, 4.69) is 4.74 Å². The summed E-state index contributed by atoms with van der Waals surface area (Å²) < 4.78 is 15.1. The van der Waals surface area contributed by atoms with Gasteiger partial charge < -0.3 is 14.2 Å². The summed E-state index contributed by atoms with van der Waals surface area (Å²) in [6.07, 6.45) is 0. The Hall–Kier alpha value is -0.610. The lowest BCUT2D eigenvalue weighted by atomic mass is 10.1. The van der Waals surface area contributed by atoms with Crippen molar-refractivity contribution in [2.45, 2.75) is 26.4 Å². The van der Waals surface area contributed by atoms with E-state index in [-0.39, 0.29) is 6.61 Å². The van der Waals surface area contributed by atoms with Crippen LogP contribution >= 0.6 is 0 Å². The average molecular weight is 190 g/mol. The fourth-order valence-electron chi connectivity index (χ4n) is 0.991. The molecule has 0 fully saturated rings. The van der Waals surface area contributed by atoms with Crippen molar-refractivity contribution in [3.8, 4) is 0 Å². The molecule has 1 atom stereocenters. The predicted molar refractivity (Wildman–Crippen MR) is 48.5 cm³/mol. The second-order valence-corrected chi connectivity index (χ2v) is 2.79. The quantitative estimate of drug-likeness (QED) is 0.586. The van der Waals surface area contributed by atoms with Crippen LogP contribution in [0.2, 0.25) is 0 Å². The normalized spacial score (nSPS) is 15.1. The molecule has 4 heteroatoms. The SMILES string of the molecule is CCOCC(C)(OCC)C(=O)OC. The van der Waals surface area contributed by atoms with E-state index in [9.17, 15) is 4.79 Å². The highest BCUT2D eigenvalue weighted by molar-refractivity contribution is 5.79. The van der Waals surface area contributed by atoms with Gasteiger partial charge in [-0.3, -0.25) is 0 Å². The van der Waals surface area contributed by atoms with Crippen LogP contribution in [0, 0.1) is 0 Å². The molecule has 0 amide bonds. The summed E-state index contributed by atoms with van der Waals surface area (Å²) in [6.45, 7) is 6.59. The predicted octanol–water partition coefficient (Wildman–Crippen LogP) is 0.991. The van der Waals surface area contributed by atoms with Crippen molar-refractivity contribution in [2.24, 2.45) is 0 Å². The van der Waals surface area contributed by atoms with E-state index in [0.717, 1.165) is 0 Å². The molecule has 0 saturated carbocycles. The van der Waals surface area contributed by atoms with Crippen molar-refractivity contribution in [2.75, 3.05) is 26.9 Å². The zero-order chi connectivity index (χ0) is 10.3. The topological polar surface area (TPSA) is 44.8 Å². The number of hydrogen-bond donors (Lipinski definition) is 0. The van der Waals surface area contributed by atoms with Gasteiger partial charge in [0.25, 0.3) is 0 Å². The molecule has 0 saturated heterocycles. The molecular formula is C9H18O4.